The Labute approximate surface area is 175 Å². The summed E-state index contributed by atoms with van der Waals surface area (Å²) in [5.74, 6) is 0.499. The molecule has 1 atom stereocenters. The molecule has 0 saturated heterocycles. The fraction of sp³-hybridized carbons (Fsp3) is 0.667. The molecule has 1 heteroatoms. The van der Waals surface area contributed by atoms with Crippen LogP contribution in [0.3, 0.4) is 0 Å². The first kappa shape index (κ1) is 24.7. The highest BCUT2D eigenvalue weighted by atomic mass is 16.1. The minimum Gasteiger partial charge on any atom is -0.299 e. The number of Topliss-reactive ketones (excluding diaryl/α,β-unsaturated/α-hetero) is 1. The van der Waals surface area contributed by atoms with Gasteiger partial charge in [-0.25, -0.2) is 0 Å². The molecular weight excluding hydrogens is 340 g/mol. The van der Waals surface area contributed by atoms with Gasteiger partial charge in [0, 0.05) is 11.8 Å². The van der Waals surface area contributed by atoms with E-state index in [1.807, 2.05) is 0 Å². The summed E-state index contributed by atoms with van der Waals surface area (Å²) in [5, 5.41) is 0. The molecule has 28 heavy (non-hydrogen) atoms. The van der Waals surface area contributed by atoms with Gasteiger partial charge in [-0.15, -0.1) is 0 Å². The van der Waals surface area contributed by atoms with E-state index in [0.717, 1.165) is 64.2 Å². The van der Waals surface area contributed by atoms with E-state index >= 15 is 0 Å². The number of carbonyl (C=O) groups is 1. The smallest absolute Gasteiger partial charge is 0.139 e. The molecule has 1 unspecified atom stereocenters. The van der Waals surface area contributed by atoms with Crippen LogP contribution in [0.1, 0.15) is 112 Å². The summed E-state index contributed by atoms with van der Waals surface area (Å²) >= 11 is 0. The first-order chi connectivity index (χ1) is 13.3. The molecule has 0 aromatic carbocycles. The lowest BCUT2D eigenvalue weighted by Gasteiger charge is -2.24. The number of ketones is 1. The quantitative estimate of drug-likeness (QED) is 0.307. The molecule has 0 bridgehead atoms. The van der Waals surface area contributed by atoms with Crippen molar-refractivity contribution in [3.63, 3.8) is 0 Å². The average molecular weight is 385 g/mol. The van der Waals surface area contributed by atoms with Crippen molar-refractivity contribution in [2.24, 2.45) is 5.41 Å². The highest BCUT2D eigenvalue weighted by molar-refractivity contribution is 5.86. The van der Waals surface area contributed by atoms with Gasteiger partial charge in [0.15, 0.2) is 0 Å². The lowest BCUT2D eigenvalue weighted by molar-refractivity contribution is -0.125. The molecule has 158 valence electrons. The lowest BCUT2D eigenvalue weighted by Crippen LogP contribution is -2.23. The van der Waals surface area contributed by atoms with Crippen molar-refractivity contribution in [2.75, 3.05) is 0 Å². The zero-order valence-electron chi connectivity index (χ0n) is 19.5. The molecule has 0 heterocycles. The van der Waals surface area contributed by atoms with Gasteiger partial charge in [-0.1, -0.05) is 53.5 Å². The van der Waals surface area contributed by atoms with Crippen LogP contribution in [0.25, 0.3) is 0 Å². The average Bonchev–Trinajstić information content (AvgIpc) is 3.00. The Morgan fingerprint density at radius 3 is 1.75 bits per heavy atom. The fourth-order valence-corrected chi connectivity index (χ4v) is 4.08. The zero-order chi connectivity index (χ0) is 21.0. The molecule has 0 aromatic heterocycles. The molecule has 1 rings (SSSR count). The monoisotopic (exact) mass is 384 g/mol. The first-order valence-corrected chi connectivity index (χ1v) is 11.4. The third kappa shape index (κ3) is 9.22. The van der Waals surface area contributed by atoms with E-state index in [1.54, 1.807) is 0 Å². The third-order valence-corrected chi connectivity index (χ3v) is 6.32. The molecule has 0 radical (unpaired) electrons. The molecule has 1 saturated carbocycles. The highest BCUT2D eigenvalue weighted by Gasteiger charge is 2.38. The largest absolute Gasteiger partial charge is 0.299 e. The van der Waals surface area contributed by atoms with Crippen LogP contribution in [0.5, 0.6) is 0 Å². The minimum atomic E-state index is -0.0389. The van der Waals surface area contributed by atoms with Crippen molar-refractivity contribution in [1.82, 2.24) is 0 Å². The van der Waals surface area contributed by atoms with E-state index in [4.69, 9.17) is 0 Å². The zero-order valence-corrected chi connectivity index (χ0v) is 19.5. The number of allylic oxidation sites excluding steroid dienone is 8. The Kier molecular flexibility index (Phi) is 11.4. The molecule has 1 nitrogen and oxygen atoms in total. The summed E-state index contributed by atoms with van der Waals surface area (Å²) in [6.45, 7) is 13.3. The van der Waals surface area contributed by atoms with Crippen LogP contribution < -0.4 is 0 Å². The van der Waals surface area contributed by atoms with Crippen LogP contribution in [0.4, 0.5) is 0 Å². The molecular formula is C27H44O. The highest BCUT2D eigenvalue weighted by Crippen LogP contribution is 2.41. The van der Waals surface area contributed by atoms with Gasteiger partial charge in [0.25, 0.3) is 0 Å². The normalized spacial score (nSPS) is 21.4. The summed E-state index contributed by atoms with van der Waals surface area (Å²) in [6.07, 6.45) is 21.3. The summed E-state index contributed by atoms with van der Waals surface area (Å²) in [6, 6.07) is 0. The van der Waals surface area contributed by atoms with Gasteiger partial charge in [0.05, 0.1) is 0 Å². The number of hydrogen-bond donors (Lipinski definition) is 0. The van der Waals surface area contributed by atoms with Gasteiger partial charge < -0.3 is 0 Å². The van der Waals surface area contributed by atoms with Crippen molar-refractivity contribution < 1.29 is 4.79 Å². The maximum absolute atomic E-state index is 12.2. The summed E-state index contributed by atoms with van der Waals surface area (Å²) in [4.78, 5) is 12.2. The van der Waals surface area contributed by atoms with E-state index in [2.05, 4.69) is 65.8 Å². The van der Waals surface area contributed by atoms with E-state index in [9.17, 15) is 4.79 Å². The van der Waals surface area contributed by atoms with Crippen molar-refractivity contribution >= 4 is 5.78 Å². The van der Waals surface area contributed by atoms with Gasteiger partial charge in [0.2, 0.25) is 0 Å². The number of carbonyl (C=O) groups excluding carboxylic acids is 1. The second-order valence-electron chi connectivity index (χ2n) is 9.16. The summed E-state index contributed by atoms with van der Waals surface area (Å²) in [5.41, 5.74) is 5.82. The molecule has 1 fully saturated rings. The van der Waals surface area contributed by atoms with Crippen LogP contribution in [-0.4, -0.2) is 5.78 Å². The summed E-state index contributed by atoms with van der Waals surface area (Å²) in [7, 11) is 0. The maximum atomic E-state index is 12.2. The molecule has 1 aliphatic rings. The molecule has 0 N–H and O–H groups in total. The molecule has 0 aliphatic heterocycles. The van der Waals surface area contributed by atoms with E-state index < -0.39 is 0 Å². The topological polar surface area (TPSA) is 17.1 Å². The second kappa shape index (κ2) is 13.0. The summed E-state index contributed by atoms with van der Waals surface area (Å²) < 4.78 is 0. The minimum absolute atomic E-state index is 0.0389. The number of rotatable bonds is 12. The Morgan fingerprint density at radius 1 is 0.821 bits per heavy atom. The number of hydrogen-bond acceptors (Lipinski definition) is 1. The fourth-order valence-electron chi connectivity index (χ4n) is 4.08. The molecule has 0 aromatic rings. The molecule has 1 aliphatic carbocycles. The van der Waals surface area contributed by atoms with E-state index in [0.29, 0.717) is 5.78 Å². The molecule has 0 spiro atoms. The SMILES string of the molecule is CCC1(C/C=C(\C)CC/C=C(\C)CC/C=C(\C)CCC=C(C)C)CCCC1=O. The van der Waals surface area contributed by atoms with Crippen LogP contribution in [0, 0.1) is 5.41 Å². The maximum Gasteiger partial charge on any atom is 0.139 e. The van der Waals surface area contributed by atoms with Gasteiger partial charge in [-0.05, 0) is 98.8 Å². The van der Waals surface area contributed by atoms with Crippen molar-refractivity contribution in [3.05, 3.63) is 46.6 Å². The Balaban J connectivity index is 2.33. The lowest BCUT2D eigenvalue weighted by atomic mass is 9.79. The predicted molar refractivity (Wildman–Crippen MR) is 125 cm³/mol. The van der Waals surface area contributed by atoms with Gasteiger partial charge >= 0.3 is 0 Å². The van der Waals surface area contributed by atoms with Crippen molar-refractivity contribution in [3.8, 4) is 0 Å². The van der Waals surface area contributed by atoms with Crippen LogP contribution >= 0.6 is 0 Å². The van der Waals surface area contributed by atoms with Gasteiger partial charge in [-0.3, -0.25) is 4.79 Å². The van der Waals surface area contributed by atoms with Crippen LogP contribution in [0.2, 0.25) is 0 Å². The van der Waals surface area contributed by atoms with Crippen molar-refractivity contribution in [1.29, 1.82) is 0 Å². The third-order valence-electron chi connectivity index (χ3n) is 6.32. The van der Waals surface area contributed by atoms with Crippen LogP contribution in [-0.2, 0) is 4.79 Å². The second-order valence-corrected chi connectivity index (χ2v) is 9.16. The van der Waals surface area contributed by atoms with E-state index in [1.165, 1.54) is 28.7 Å². The Morgan fingerprint density at radius 2 is 1.32 bits per heavy atom. The van der Waals surface area contributed by atoms with Crippen molar-refractivity contribution in [2.45, 2.75) is 112 Å². The first-order valence-electron chi connectivity index (χ1n) is 11.4. The Hall–Kier alpha value is -1.37. The van der Waals surface area contributed by atoms with E-state index in [-0.39, 0.29) is 5.41 Å². The van der Waals surface area contributed by atoms with Gasteiger partial charge in [-0.2, -0.15) is 0 Å². The van der Waals surface area contributed by atoms with Gasteiger partial charge in [0.1, 0.15) is 5.78 Å². The predicted octanol–water partition coefficient (Wildman–Crippen LogP) is 8.67. The Bertz CT molecular complexity index is 610. The molecule has 0 amide bonds. The van der Waals surface area contributed by atoms with Crippen LogP contribution in [0.15, 0.2) is 46.6 Å². The standard InChI is InChI=1S/C27H44O/c1-7-27(20-11-18-26(27)28)21-19-25(6)17-10-16-24(5)15-9-14-23(4)13-8-12-22(2)3/h12,14,16,19H,7-11,13,15,17-18,20-21H2,1-6H3/b23-14+,24-16+,25-19+.